The van der Waals surface area contributed by atoms with Crippen molar-refractivity contribution in [1.82, 2.24) is 0 Å². The first kappa shape index (κ1) is 18.8. The topological polar surface area (TPSA) is 65.1 Å². The van der Waals surface area contributed by atoms with E-state index in [1.807, 2.05) is 0 Å². The lowest BCUT2D eigenvalue weighted by molar-refractivity contribution is -0.140. The lowest BCUT2D eigenvalue weighted by Gasteiger charge is -2.32. The molecule has 0 amide bonds. The molecule has 0 radical (unpaired) electrons. The summed E-state index contributed by atoms with van der Waals surface area (Å²) in [4.78, 5) is 25.3. The number of anilines is 1. The highest BCUT2D eigenvalue weighted by Crippen LogP contribution is 2.35. The second-order valence-corrected chi connectivity index (χ2v) is 5.21. The van der Waals surface area contributed by atoms with Crippen molar-refractivity contribution in [1.29, 1.82) is 0 Å². The minimum absolute atomic E-state index is 0.0799. The fourth-order valence-corrected chi connectivity index (χ4v) is 2.41. The number of carbonyl (C=O) groups excluding carboxylic acids is 2. The summed E-state index contributed by atoms with van der Waals surface area (Å²) in [5.41, 5.74) is -0.677. The molecule has 0 bridgehead atoms. The van der Waals surface area contributed by atoms with Crippen molar-refractivity contribution in [2.24, 2.45) is 0 Å². The lowest BCUT2D eigenvalue weighted by Crippen LogP contribution is -2.39. The van der Waals surface area contributed by atoms with Crippen LogP contribution < -0.4 is 4.90 Å². The zero-order chi connectivity index (χ0) is 18.8. The maximum atomic E-state index is 13.0. The van der Waals surface area contributed by atoms with E-state index < -0.39 is 23.7 Å². The standard InChI is InChI=1S/C16H16F3NO5/c1-9-4-5-10(16(17,18)19)6-12(9)20-8-25-7-11(14(21)23-2)13(20)15(22)24-3/h4-6H,7-8H2,1-3H3. The molecule has 9 heteroatoms. The fraction of sp³-hybridized carbons (Fsp3) is 0.375. The zero-order valence-corrected chi connectivity index (χ0v) is 13.8. The fourth-order valence-electron chi connectivity index (χ4n) is 2.41. The van der Waals surface area contributed by atoms with E-state index in [9.17, 15) is 22.8 Å². The van der Waals surface area contributed by atoms with Gasteiger partial charge in [-0.3, -0.25) is 0 Å². The van der Waals surface area contributed by atoms with Crippen molar-refractivity contribution in [2.45, 2.75) is 13.1 Å². The Morgan fingerprint density at radius 3 is 2.36 bits per heavy atom. The van der Waals surface area contributed by atoms with Crippen molar-refractivity contribution in [2.75, 3.05) is 32.5 Å². The van der Waals surface area contributed by atoms with Crippen molar-refractivity contribution < 1.29 is 37.0 Å². The molecule has 25 heavy (non-hydrogen) atoms. The number of hydrogen-bond donors (Lipinski definition) is 0. The van der Waals surface area contributed by atoms with E-state index >= 15 is 0 Å². The molecule has 0 saturated heterocycles. The van der Waals surface area contributed by atoms with Crippen LogP contribution in [0.15, 0.2) is 29.5 Å². The van der Waals surface area contributed by atoms with Crippen LogP contribution in [0.3, 0.4) is 0 Å². The molecule has 0 unspecified atom stereocenters. The maximum Gasteiger partial charge on any atom is 0.416 e. The minimum Gasteiger partial charge on any atom is -0.466 e. The van der Waals surface area contributed by atoms with Gasteiger partial charge < -0.3 is 19.1 Å². The Balaban J connectivity index is 2.63. The molecule has 0 aromatic heterocycles. The Bertz CT molecular complexity index is 727. The Labute approximate surface area is 141 Å². The second-order valence-electron chi connectivity index (χ2n) is 5.21. The third-order valence-corrected chi connectivity index (χ3v) is 3.66. The van der Waals surface area contributed by atoms with Gasteiger partial charge in [-0.15, -0.1) is 0 Å². The Morgan fingerprint density at radius 1 is 1.16 bits per heavy atom. The predicted molar refractivity (Wildman–Crippen MR) is 80.5 cm³/mol. The third kappa shape index (κ3) is 3.76. The van der Waals surface area contributed by atoms with E-state index in [1.54, 1.807) is 6.92 Å². The van der Waals surface area contributed by atoms with Crippen LogP contribution in [-0.4, -0.2) is 39.5 Å². The summed E-state index contributed by atoms with van der Waals surface area (Å²) in [6, 6.07) is 3.10. The van der Waals surface area contributed by atoms with Crippen molar-refractivity contribution >= 4 is 17.6 Å². The van der Waals surface area contributed by atoms with E-state index in [-0.39, 0.29) is 30.3 Å². The molecule has 1 aromatic carbocycles. The van der Waals surface area contributed by atoms with Gasteiger partial charge in [0.25, 0.3) is 0 Å². The smallest absolute Gasteiger partial charge is 0.416 e. The van der Waals surface area contributed by atoms with Gasteiger partial charge in [-0.05, 0) is 24.6 Å². The SMILES string of the molecule is COC(=O)C1=C(C(=O)OC)N(c2cc(C(F)(F)F)ccc2C)COC1. The quantitative estimate of drug-likeness (QED) is 0.773. The Kier molecular flexibility index (Phi) is 5.36. The Morgan fingerprint density at radius 2 is 1.80 bits per heavy atom. The first-order valence-electron chi connectivity index (χ1n) is 7.13. The predicted octanol–water partition coefficient (Wildman–Crippen LogP) is 2.41. The van der Waals surface area contributed by atoms with Gasteiger partial charge in [-0.1, -0.05) is 6.07 Å². The van der Waals surface area contributed by atoms with Gasteiger partial charge in [0.15, 0.2) is 0 Å². The van der Waals surface area contributed by atoms with Crippen LogP contribution in [0.2, 0.25) is 0 Å². The van der Waals surface area contributed by atoms with Gasteiger partial charge in [0.05, 0.1) is 32.0 Å². The number of hydrogen-bond acceptors (Lipinski definition) is 6. The molecule has 6 nitrogen and oxygen atoms in total. The maximum absolute atomic E-state index is 13.0. The summed E-state index contributed by atoms with van der Waals surface area (Å²) in [5, 5.41) is 0. The number of alkyl halides is 3. The van der Waals surface area contributed by atoms with Gasteiger partial charge in [-0.2, -0.15) is 13.2 Å². The molecule has 0 fully saturated rings. The normalized spacial score (nSPS) is 15.2. The molecule has 0 aliphatic carbocycles. The van der Waals surface area contributed by atoms with E-state index in [2.05, 4.69) is 9.47 Å². The average Bonchev–Trinajstić information content (AvgIpc) is 2.59. The van der Waals surface area contributed by atoms with Crippen LogP contribution in [-0.2, 0) is 30.0 Å². The first-order valence-corrected chi connectivity index (χ1v) is 7.13. The highest BCUT2D eigenvalue weighted by atomic mass is 19.4. The summed E-state index contributed by atoms with van der Waals surface area (Å²) in [7, 11) is 2.23. The van der Waals surface area contributed by atoms with Gasteiger partial charge in [0, 0.05) is 5.69 Å². The van der Waals surface area contributed by atoms with Gasteiger partial charge in [-0.25, -0.2) is 9.59 Å². The van der Waals surface area contributed by atoms with Crippen molar-refractivity contribution in [3.63, 3.8) is 0 Å². The van der Waals surface area contributed by atoms with Crippen LogP contribution in [0, 0.1) is 6.92 Å². The number of ether oxygens (including phenoxy) is 3. The van der Waals surface area contributed by atoms with E-state index in [0.717, 1.165) is 26.4 Å². The molecule has 1 aromatic rings. The first-order chi connectivity index (χ1) is 11.7. The van der Waals surface area contributed by atoms with Gasteiger partial charge in [0.2, 0.25) is 0 Å². The monoisotopic (exact) mass is 359 g/mol. The number of rotatable bonds is 3. The summed E-state index contributed by atoms with van der Waals surface area (Å²) in [6.07, 6.45) is -4.56. The van der Waals surface area contributed by atoms with Crippen LogP contribution >= 0.6 is 0 Å². The molecule has 1 aliphatic heterocycles. The molecule has 0 saturated carbocycles. The van der Waals surface area contributed by atoms with Crippen LogP contribution in [0.5, 0.6) is 0 Å². The number of esters is 2. The molecule has 0 N–H and O–H groups in total. The number of halogens is 3. The lowest BCUT2D eigenvalue weighted by atomic mass is 10.1. The van der Waals surface area contributed by atoms with Crippen LogP contribution in [0.4, 0.5) is 18.9 Å². The molecule has 136 valence electrons. The highest BCUT2D eigenvalue weighted by Gasteiger charge is 2.35. The number of methoxy groups -OCH3 is 2. The number of aryl methyl sites for hydroxylation is 1. The average molecular weight is 359 g/mol. The van der Waals surface area contributed by atoms with Gasteiger partial charge in [0.1, 0.15) is 12.4 Å². The number of benzene rings is 1. The molecule has 0 atom stereocenters. The zero-order valence-electron chi connectivity index (χ0n) is 13.8. The second kappa shape index (κ2) is 7.14. The number of carbonyl (C=O) groups is 2. The molecule has 1 aliphatic rings. The molecule has 0 spiro atoms. The molecular formula is C16H16F3NO5. The summed E-state index contributed by atoms with van der Waals surface area (Å²) in [5.74, 6) is -1.70. The molecule has 1 heterocycles. The van der Waals surface area contributed by atoms with Crippen molar-refractivity contribution in [3.05, 3.63) is 40.6 Å². The third-order valence-electron chi connectivity index (χ3n) is 3.66. The minimum atomic E-state index is -4.56. The highest BCUT2D eigenvalue weighted by molar-refractivity contribution is 6.03. The Hall–Kier alpha value is -2.55. The van der Waals surface area contributed by atoms with Crippen molar-refractivity contribution in [3.8, 4) is 0 Å². The van der Waals surface area contributed by atoms with Gasteiger partial charge >= 0.3 is 18.1 Å². The van der Waals surface area contributed by atoms with Crippen LogP contribution in [0.1, 0.15) is 11.1 Å². The van der Waals surface area contributed by atoms with Crippen LogP contribution in [0.25, 0.3) is 0 Å². The van der Waals surface area contributed by atoms with E-state index in [1.165, 1.54) is 11.0 Å². The molecule has 2 rings (SSSR count). The summed E-state index contributed by atoms with van der Waals surface area (Å²) < 4.78 is 53.6. The van der Waals surface area contributed by atoms with E-state index in [4.69, 9.17) is 4.74 Å². The summed E-state index contributed by atoms with van der Waals surface area (Å²) in [6.45, 7) is 1.15. The number of nitrogens with zero attached hydrogens (tertiary/aromatic N) is 1. The van der Waals surface area contributed by atoms with E-state index in [0.29, 0.717) is 5.56 Å². The summed E-state index contributed by atoms with van der Waals surface area (Å²) >= 11 is 0. The largest absolute Gasteiger partial charge is 0.466 e. The molecular weight excluding hydrogens is 343 g/mol.